The fourth-order valence-electron chi connectivity index (χ4n) is 4.13. The van der Waals surface area contributed by atoms with Crippen molar-refractivity contribution in [3.05, 3.63) is 17.1 Å². The molecular formula is C28H54N2O7PS+. The smallest absolute Gasteiger partial charge is 0.447 e. The summed E-state index contributed by atoms with van der Waals surface area (Å²) in [5, 5.41) is 4.64. The van der Waals surface area contributed by atoms with E-state index in [4.69, 9.17) is 18.5 Å². The number of carbonyl (C=O) groups is 1. The minimum atomic E-state index is -4.22. The fourth-order valence-corrected chi connectivity index (χ4v) is 5.50. The zero-order valence-electron chi connectivity index (χ0n) is 24.4. The zero-order chi connectivity index (χ0) is 28.4. The molecule has 0 spiro atoms. The first-order chi connectivity index (χ1) is 19.0. The van der Waals surface area contributed by atoms with Gasteiger partial charge in [-0.15, -0.1) is 0 Å². The molecule has 1 heterocycles. The summed E-state index contributed by atoms with van der Waals surface area (Å²) in [6.07, 6.45) is 21.6. The third kappa shape index (κ3) is 22.4. The molecule has 11 heteroatoms. The molecule has 228 valence electrons. The molecule has 0 saturated heterocycles. The molecule has 0 aromatic carbocycles. The summed E-state index contributed by atoms with van der Waals surface area (Å²) in [5.41, 5.74) is 1.87. The van der Waals surface area contributed by atoms with Gasteiger partial charge in [0.25, 0.3) is 0 Å². The quantitative estimate of drug-likeness (QED) is 0.0632. The van der Waals surface area contributed by atoms with Crippen molar-refractivity contribution < 1.29 is 37.3 Å². The van der Waals surface area contributed by atoms with Gasteiger partial charge < -0.3 is 19.7 Å². The number of phosphoric ester groups is 1. The highest BCUT2D eigenvalue weighted by molar-refractivity contribution is 7.47. The number of hydrogen-bond donors (Lipinski definition) is 2. The maximum Gasteiger partial charge on any atom is 0.472 e. The van der Waals surface area contributed by atoms with E-state index in [9.17, 15) is 14.3 Å². The lowest BCUT2D eigenvalue weighted by Gasteiger charge is -2.17. The molecule has 1 rings (SSSR count). The van der Waals surface area contributed by atoms with Gasteiger partial charge in [-0.2, -0.15) is 4.57 Å². The predicted octanol–water partition coefficient (Wildman–Crippen LogP) is 7.17. The second-order valence-corrected chi connectivity index (χ2v) is 12.3. The number of unbranched alkanes of at least 4 members (excludes halogenated alkanes) is 15. The molecule has 0 aliphatic heterocycles. The van der Waals surface area contributed by atoms with Crippen molar-refractivity contribution >= 4 is 25.3 Å². The van der Waals surface area contributed by atoms with E-state index in [1.54, 1.807) is 0 Å². The molecule has 39 heavy (non-hydrogen) atoms. The van der Waals surface area contributed by atoms with Crippen LogP contribution in [0.2, 0.25) is 0 Å². The van der Waals surface area contributed by atoms with Gasteiger partial charge in [-0.3, -0.25) is 9.05 Å². The Morgan fingerprint density at radius 2 is 1.46 bits per heavy atom. The number of ether oxygens (including phenoxy) is 2. The van der Waals surface area contributed by atoms with E-state index in [1.165, 1.54) is 108 Å². The van der Waals surface area contributed by atoms with E-state index in [1.807, 2.05) is 21.7 Å². The Kier molecular flexibility index (Phi) is 22.8. The number of aromatic nitrogens is 1. The maximum atomic E-state index is 12.0. The summed E-state index contributed by atoms with van der Waals surface area (Å²) in [5.74, 6) is 0. The van der Waals surface area contributed by atoms with Gasteiger partial charge >= 0.3 is 13.9 Å². The Hall–Kier alpha value is -1.03. The van der Waals surface area contributed by atoms with Gasteiger partial charge in [-0.05, 0) is 6.42 Å². The molecule has 9 nitrogen and oxygen atoms in total. The van der Waals surface area contributed by atoms with Gasteiger partial charge in [-0.1, -0.05) is 115 Å². The van der Waals surface area contributed by atoms with E-state index in [2.05, 4.69) is 12.2 Å². The van der Waals surface area contributed by atoms with Crippen LogP contribution in [0.15, 0.2) is 17.1 Å². The molecule has 0 radical (unpaired) electrons. The predicted molar refractivity (Wildman–Crippen MR) is 156 cm³/mol. The van der Waals surface area contributed by atoms with Crippen LogP contribution in [0.5, 0.6) is 0 Å². The first kappa shape index (κ1) is 36.0. The summed E-state index contributed by atoms with van der Waals surface area (Å²) < 4.78 is 34.1. The van der Waals surface area contributed by atoms with E-state index in [0.717, 1.165) is 12.8 Å². The topological polar surface area (TPSA) is 107 Å². The highest BCUT2D eigenvalue weighted by atomic mass is 32.1. The van der Waals surface area contributed by atoms with Crippen molar-refractivity contribution in [2.45, 2.75) is 122 Å². The summed E-state index contributed by atoms with van der Waals surface area (Å²) in [7, 11) is -2.80. The summed E-state index contributed by atoms with van der Waals surface area (Å²) in [4.78, 5) is 21.7. The van der Waals surface area contributed by atoms with E-state index >= 15 is 0 Å². The average molecular weight is 594 g/mol. The summed E-state index contributed by atoms with van der Waals surface area (Å²) >= 11 is 1.52. The number of thiazole rings is 1. The van der Waals surface area contributed by atoms with Gasteiger partial charge in [0.2, 0.25) is 5.51 Å². The number of hydrogen-bond acceptors (Lipinski definition) is 7. The number of alkyl carbamates (subject to hydrolysis) is 1. The molecule has 0 bridgehead atoms. The Morgan fingerprint density at radius 3 is 1.97 bits per heavy atom. The first-order valence-electron chi connectivity index (χ1n) is 14.9. The fraction of sp³-hybridized carbons (Fsp3) is 0.857. The Bertz CT molecular complexity index is 740. The molecule has 0 aliphatic carbocycles. The van der Waals surface area contributed by atoms with Crippen molar-refractivity contribution in [3.8, 4) is 0 Å². The first-order valence-corrected chi connectivity index (χ1v) is 17.4. The molecule has 2 atom stereocenters. The number of amides is 1. The number of nitrogens with one attached hydrogen (secondary N) is 1. The van der Waals surface area contributed by atoms with Crippen molar-refractivity contribution in [1.29, 1.82) is 0 Å². The molecule has 0 aliphatic rings. The van der Waals surface area contributed by atoms with Gasteiger partial charge in [0, 0.05) is 13.7 Å². The van der Waals surface area contributed by atoms with Crippen LogP contribution in [-0.2, 0) is 29.6 Å². The normalized spacial score (nSPS) is 13.7. The Morgan fingerprint density at radius 1 is 0.897 bits per heavy atom. The van der Waals surface area contributed by atoms with E-state index in [0.29, 0.717) is 13.1 Å². The van der Waals surface area contributed by atoms with Gasteiger partial charge in [0.1, 0.15) is 19.3 Å². The number of carbonyl (C=O) groups excluding carboxylic acids is 1. The third-order valence-electron chi connectivity index (χ3n) is 6.59. The standard InChI is InChI=1S/C28H53N2O7PS/c1-3-4-5-6-7-8-9-10-11-12-13-14-15-16-17-18-19-29-28(31)35-24-27(34-2)25-37-38(32,33)36-22-20-30-21-23-39-26-30/h21,23,26-27H,3-20,22,24-25H2,1-2H3,(H-,29,31,32,33)/p+1/t27-/m1/s1. The average Bonchev–Trinajstić information content (AvgIpc) is 3.44. The molecule has 0 fully saturated rings. The second kappa shape index (κ2) is 24.7. The number of phosphoric acid groups is 1. The number of methoxy groups -OCH3 is 1. The zero-order valence-corrected chi connectivity index (χ0v) is 26.1. The Balaban J connectivity index is 1.91. The molecule has 1 unspecified atom stereocenters. The van der Waals surface area contributed by atoms with Crippen LogP contribution in [0, 0.1) is 0 Å². The number of rotatable bonds is 27. The van der Waals surface area contributed by atoms with E-state index in [-0.39, 0.29) is 19.8 Å². The molecule has 1 aromatic heterocycles. The van der Waals surface area contributed by atoms with Crippen molar-refractivity contribution in [3.63, 3.8) is 0 Å². The maximum absolute atomic E-state index is 12.0. The SMILES string of the molecule is CCCCCCCCCCCCCCCCCCNC(=O)OC[C@H](COP(=O)(O)OCC[n+]1ccsc1)OC. The minimum absolute atomic E-state index is 0.0328. The molecule has 2 N–H and O–H groups in total. The lowest BCUT2D eigenvalue weighted by atomic mass is 10.0. The van der Waals surface area contributed by atoms with Crippen molar-refractivity contribution in [2.24, 2.45) is 0 Å². The third-order valence-corrected chi connectivity index (χ3v) is 8.24. The Labute approximate surface area is 240 Å². The van der Waals surface area contributed by atoms with Crippen molar-refractivity contribution in [2.75, 3.05) is 33.5 Å². The molecule has 1 aromatic rings. The monoisotopic (exact) mass is 593 g/mol. The highest BCUT2D eigenvalue weighted by Gasteiger charge is 2.24. The van der Waals surface area contributed by atoms with Crippen LogP contribution in [0.25, 0.3) is 0 Å². The van der Waals surface area contributed by atoms with Crippen LogP contribution < -0.4 is 9.88 Å². The van der Waals surface area contributed by atoms with Crippen LogP contribution in [0.4, 0.5) is 4.79 Å². The van der Waals surface area contributed by atoms with Gasteiger partial charge in [0.15, 0.2) is 12.7 Å². The second-order valence-electron chi connectivity index (χ2n) is 10.0. The van der Waals surface area contributed by atoms with E-state index < -0.39 is 20.0 Å². The molecule has 1 amide bonds. The molecule has 0 saturated carbocycles. The lowest BCUT2D eigenvalue weighted by Crippen LogP contribution is -2.33. The summed E-state index contributed by atoms with van der Waals surface area (Å²) in [6, 6.07) is 0. The number of nitrogens with zero attached hydrogens (tertiary/aromatic N) is 1. The largest absolute Gasteiger partial charge is 0.472 e. The minimum Gasteiger partial charge on any atom is -0.447 e. The van der Waals surface area contributed by atoms with Crippen LogP contribution >= 0.6 is 19.2 Å². The van der Waals surface area contributed by atoms with Gasteiger partial charge in [-0.25, -0.2) is 9.36 Å². The molecular weight excluding hydrogens is 539 g/mol. The van der Waals surface area contributed by atoms with Crippen LogP contribution in [-0.4, -0.2) is 50.6 Å². The van der Waals surface area contributed by atoms with Crippen LogP contribution in [0.1, 0.15) is 110 Å². The lowest BCUT2D eigenvalue weighted by molar-refractivity contribution is -0.693. The summed E-state index contributed by atoms with van der Waals surface area (Å²) in [6.45, 7) is 2.98. The highest BCUT2D eigenvalue weighted by Crippen LogP contribution is 2.43. The van der Waals surface area contributed by atoms with Gasteiger partial charge in [0.05, 0.1) is 12.0 Å². The van der Waals surface area contributed by atoms with Crippen LogP contribution in [0.3, 0.4) is 0 Å². The van der Waals surface area contributed by atoms with Crippen molar-refractivity contribution in [1.82, 2.24) is 5.32 Å².